The SMILES string of the molecule is NC(=O)OCC(CC(=O)Cn1nc(-c2ccc(Cl)cc2)n(C[C@H](O)C(F)(F)F)c1=O)c1cccc(C(F)(F)F)c1. The molecule has 1 amide bonds. The van der Waals surface area contributed by atoms with E-state index in [2.05, 4.69) is 5.10 Å². The molecule has 3 N–H and O–H groups in total. The predicted molar refractivity (Wildman–Crippen MR) is 128 cm³/mol. The van der Waals surface area contributed by atoms with Crippen molar-refractivity contribution >= 4 is 23.5 Å². The lowest BCUT2D eigenvalue weighted by Crippen LogP contribution is -2.37. The van der Waals surface area contributed by atoms with Gasteiger partial charge in [0.15, 0.2) is 17.7 Å². The number of halogens is 7. The van der Waals surface area contributed by atoms with Gasteiger partial charge >= 0.3 is 24.1 Å². The molecule has 9 nitrogen and oxygen atoms in total. The summed E-state index contributed by atoms with van der Waals surface area (Å²) in [6.45, 7) is -2.59. The number of benzene rings is 2. The van der Waals surface area contributed by atoms with Crippen LogP contribution in [-0.2, 0) is 28.8 Å². The third-order valence-corrected chi connectivity index (χ3v) is 5.92. The maximum absolute atomic E-state index is 13.2. The summed E-state index contributed by atoms with van der Waals surface area (Å²) in [5, 5.41) is 13.8. The Morgan fingerprint density at radius 2 is 1.73 bits per heavy atom. The lowest BCUT2D eigenvalue weighted by molar-refractivity contribution is -0.207. The van der Waals surface area contributed by atoms with Gasteiger partial charge in [0, 0.05) is 22.9 Å². The molecule has 3 aromatic rings. The molecule has 2 aromatic carbocycles. The molecular formula is C24H21ClF6N4O5. The van der Waals surface area contributed by atoms with Gasteiger partial charge in [-0.3, -0.25) is 9.36 Å². The molecule has 0 radical (unpaired) electrons. The first kappa shape index (κ1) is 30.7. The number of ether oxygens (including phenoxy) is 1. The minimum atomic E-state index is -5.06. The van der Waals surface area contributed by atoms with Crippen molar-refractivity contribution in [1.82, 2.24) is 14.3 Å². The van der Waals surface area contributed by atoms with Crippen LogP contribution in [0.3, 0.4) is 0 Å². The van der Waals surface area contributed by atoms with Crippen molar-refractivity contribution in [3.63, 3.8) is 0 Å². The van der Waals surface area contributed by atoms with E-state index in [1.54, 1.807) is 0 Å². The number of aliphatic hydroxyl groups is 1. The first-order chi connectivity index (χ1) is 18.6. The van der Waals surface area contributed by atoms with E-state index in [4.69, 9.17) is 22.1 Å². The highest BCUT2D eigenvalue weighted by Gasteiger charge is 2.39. The molecule has 1 aromatic heterocycles. The topological polar surface area (TPSA) is 129 Å². The molecule has 0 fully saturated rings. The monoisotopic (exact) mass is 594 g/mol. The van der Waals surface area contributed by atoms with Crippen molar-refractivity contribution in [3.8, 4) is 11.4 Å². The number of ketones is 1. The molecule has 0 aliphatic carbocycles. The highest BCUT2D eigenvalue weighted by molar-refractivity contribution is 6.30. The normalized spacial score (nSPS) is 13.6. The molecule has 1 heterocycles. The molecule has 2 atom stereocenters. The van der Waals surface area contributed by atoms with Crippen LogP contribution in [-0.4, -0.2) is 50.2 Å². The lowest BCUT2D eigenvalue weighted by Gasteiger charge is -2.18. The highest BCUT2D eigenvalue weighted by atomic mass is 35.5. The van der Waals surface area contributed by atoms with Crippen molar-refractivity contribution in [2.24, 2.45) is 5.73 Å². The predicted octanol–water partition coefficient (Wildman–Crippen LogP) is 4.15. The van der Waals surface area contributed by atoms with Crippen molar-refractivity contribution < 1.29 is 45.8 Å². The zero-order valence-corrected chi connectivity index (χ0v) is 21.0. The quantitative estimate of drug-likeness (QED) is 0.339. The van der Waals surface area contributed by atoms with E-state index in [1.807, 2.05) is 0 Å². The summed E-state index contributed by atoms with van der Waals surface area (Å²) >= 11 is 5.84. The van der Waals surface area contributed by atoms with Gasteiger partial charge in [0.25, 0.3) is 0 Å². The van der Waals surface area contributed by atoms with Gasteiger partial charge in [-0.05, 0) is 35.9 Å². The van der Waals surface area contributed by atoms with E-state index in [9.17, 15) is 45.8 Å². The van der Waals surface area contributed by atoms with Crippen LogP contribution in [0.4, 0.5) is 31.1 Å². The minimum Gasteiger partial charge on any atom is -0.449 e. The Balaban J connectivity index is 1.93. The summed E-state index contributed by atoms with van der Waals surface area (Å²) < 4.78 is 84.4. The van der Waals surface area contributed by atoms with Crippen LogP contribution in [0.5, 0.6) is 0 Å². The maximum Gasteiger partial charge on any atom is 0.416 e. The maximum atomic E-state index is 13.2. The second-order valence-electron chi connectivity index (χ2n) is 8.63. The average Bonchev–Trinajstić information content (AvgIpc) is 3.15. The molecule has 0 saturated heterocycles. The summed E-state index contributed by atoms with van der Waals surface area (Å²) in [6, 6.07) is 9.42. The Kier molecular flexibility index (Phi) is 9.30. The third-order valence-electron chi connectivity index (χ3n) is 5.67. The number of hydrogen-bond acceptors (Lipinski definition) is 6. The third kappa shape index (κ3) is 7.85. The molecule has 0 spiro atoms. The van der Waals surface area contributed by atoms with Crippen molar-refractivity contribution in [2.45, 2.75) is 43.9 Å². The van der Waals surface area contributed by atoms with Crippen LogP contribution >= 0.6 is 11.6 Å². The number of primary amides is 1. The molecule has 40 heavy (non-hydrogen) atoms. The molecule has 0 aliphatic heterocycles. The molecule has 3 rings (SSSR count). The molecule has 0 saturated carbocycles. The number of amides is 1. The van der Waals surface area contributed by atoms with Crippen molar-refractivity contribution in [3.05, 3.63) is 75.2 Å². The number of carbonyl (C=O) groups excluding carboxylic acids is 2. The number of aromatic nitrogens is 3. The fraction of sp³-hybridized carbons (Fsp3) is 0.333. The van der Waals surface area contributed by atoms with Crippen LogP contribution in [0.15, 0.2) is 53.3 Å². The molecular weight excluding hydrogens is 574 g/mol. The van der Waals surface area contributed by atoms with E-state index in [0.29, 0.717) is 9.25 Å². The van der Waals surface area contributed by atoms with Crippen molar-refractivity contribution in [1.29, 1.82) is 0 Å². The average molecular weight is 595 g/mol. The van der Waals surface area contributed by atoms with Crippen LogP contribution < -0.4 is 11.4 Å². The number of carbonyl (C=O) groups is 2. The summed E-state index contributed by atoms with van der Waals surface area (Å²) in [7, 11) is 0. The Bertz CT molecular complexity index is 1420. The second-order valence-corrected chi connectivity index (χ2v) is 9.07. The van der Waals surface area contributed by atoms with Gasteiger partial charge in [-0.1, -0.05) is 29.8 Å². The second kappa shape index (κ2) is 12.1. The number of nitrogens with two attached hydrogens (primary N) is 1. The van der Waals surface area contributed by atoms with Gasteiger partial charge in [-0.15, -0.1) is 5.10 Å². The molecule has 216 valence electrons. The Morgan fingerprint density at radius 1 is 1.07 bits per heavy atom. The smallest absolute Gasteiger partial charge is 0.416 e. The van der Waals surface area contributed by atoms with Crippen molar-refractivity contribution in [2.75, 3.05) is 6.61 Å². The minimum absolute atomic E-state index is 0.0162. The summed E-state index contributed by atoms with van der Waals surface area (Å²) in [5.74, 6) is -2.19. The van der Waals surface area contributed by atoms with Gasteiger partial charge < -0.3 is 15.6 Å². The Labute approximate surface area is 226 Å². The van der Waals surface area contributed by atoms with Gasteiger partial charge in [-0.2, -0.15) is 26.3 Å². The first-order valence-corrected chi connectivity index (χ1v) is 11.7. The van der Waals surface area contributed by atoms with Gasteiger partial charge in [-0.25, -0.2) is 14.3 Å². The number of aliphatic hydroxyl groups excluding tert-OH is 1. The lowest BCUT2D eigenvalue weighted by atomic mass is 9.93. The fourth-order valence-corrected chi connectivity index (χ4v) is 3.85. The van der Waals surface area contributed by atoms with Gasteiger partial charge in [0.1, 0.15) is 13.2 Å². The zero-order valence-electron chi connectivity index (χ0n) is 20.2. The van der Waals surface area contributed by atoms with Crippen LogP contribution in [0, 0.1) is 0 Å². The van der Waals surface area contributed by atoms with E-state index < -0.39 is 73.6 Å². The van der Waals surface area contributed by atoms with E-state index in [0.717, 1.165) is 18.2 Å². The summed E-state index contributed by atoms with van der Waals surface area (Å²) in [5.41, 5.74) is 2.91. The molecule has 0 aliphatic rings. The molecule has 1 unspecified atom stereocenters. The standard InChI is InChI=1S/C24H21ClF6N4O5/c25-17-6-4-13(5-7-17)20-33-35(22(39)34(20)11-19(37)24(29,30)31)10-18(36)9-15(12-40-21(32)38)14-2-1-3-16(8-14)23(26,27)28/h1-8,15,19,37H,9-12H2,(H2,32,38)/t15?,19-/m0/s1. The number of Topliss-reactive ketones (excluding diaryl/α,β-unsaturated/α-hetero) is 1. The Morgan fingerprint density at radius 3 is 2.30 bits per heavy atom. The summed E-state index contributed by atoms with van der Waals surface area (Å²) in [4.78, 5) is 37.0. The van der Waals surface area contributed by atoms with E-state index in [-0.39, 0.29) is 22.0 Å². The first-order valence-electron chi connectivity index (χ1n) is 11.4. The number of rotatable bonds is 10. The number of hydrogen-bond donors (Lipinski definition) is 2. The molecule has 0 bridgehead atoms. The van der Waals surface area contributed by atoms with Crippen LogP contribution in [0.25, 0.3) is 11.4 Å². The number of nitrogens with zero attached hydrogens (tertiary/aromatic N) is 3. The Hall–Kier alpha value is -3.85. The van der Waals surface area contributed by atoms with Gasteiger partial charge in [0.05, 0.1) is 12.1 Å². The fourth-order valence-electron chi connectivity index (χ4n) is 3.73. The van der Waals surface area contributed by atoms with Crippen LogP contribution in [0.2, 0.25) is 5.02 Å². The molecule has 16 heteroatoms. The van der Waals surface area contributed by atoms with Gasteiger partial charge in [0.2, 0.25) is 0 Å². The summed E-state index contributed by atoms with van der Waals surface area (Å²) in [6.07, 6.45) is -14.5. The zero-order chi connectivity index (χ0) is 29.8. The van der Waals surface area contributed by atoms with E-state index in [1.165, 1.54) is 30.3 Å². The number of alkyl halides is 6. The highest BCUT2D eigenvalue weighted by Crippen LogP contribution is 2.32. The van der Waals surface area contributed by atoms with E-state index >= 15 is 0 Å². The largest absolute Gasteiger partial charge is 0.449 e. The van der Waals surface area contributed by atoms with Crippen LogP contribution in [0.1, 0.15) is 23.5 Å².